The lowest BCUT2D eigenvalue weighted by molar-refractivity contribution is -0.384. The number of hydrogen-bond donors (Lipinski definition) is 0. The molecule has 0 radical (unpaired) electrons. The smallest absolute Gasteiger partial charge is 0.323 e. The van der Waals surface area contributed by atoms with Crippen molar-refractivity contribution in [2.24, 2.45) is 0 Å². The van der Waals surface area contributed by atoms with Crippen molar-refractivity contribution in [2.75, 3.05) is 13.7 Å². The number of hydrogen-bond acceptors (Lipinski definition) is 8. The summed E-state index contributed by atoms with van der Waals surface area (Å²) in [5.74, 6) is 0.482. The topological polar surface area (TPSA) is 112 Å². The molecule has 0 amide bonds. The Labute approximate surface area is 137 Å². The van der Waals surface area contributed by atoms with Crippen molar-refractivity contribution in [3.63, 3.8) is 0 Å². The predicted molar refractivity (Wildman–Crippen MR) is 81.8 cm³/mol. The van der Waals surface area contributed by atoms with Crippen LogP contribution in [0, 0.1) is 10.1 Å². The summed E-state index contributed by atoms with van der Waals surface area (Å²) in [5.41, 5.74) is 0.627. The fourth-order valence-corrected chi connectivity index (χ4v) is 2.76. The number of rotatable bonds is 5. The van der Waals surface area contributed by atoms with E-state index < -0.39 is 4.92 Å². The number of likely N-dealkylation sites (tertiary alicyclic amines) is 1. The summed E-state index contributed by atoms with van der Waals surface area (Å²) < 4.78 is 10.0. The Balaban J connectivity index is 1.71. The van der Waals surface area contributed by atoms with Gasteiger partial charge in [-0.25, -0.2) is 0 Å². The minimum atomic E-state index is -0.467. The van der Waals surface area contributed by atoms with E-state index in [-0.39, 0.29) is 17.7 Å². The number of benzene rings is 1. The number of methoxy groups -OCH3 is 1. The molecule has 1 atom stereocenters. The Kier molecular flexibility index (Phi) is 4.52. The molecule has 1 aromatic carbocycles. The minimum Gasteiger partial charge on any atom is -0.468 e. The van der Waals surface area contributed by atoms with Gasteiger partial charge in [0.05, 0.1) is 18.6 Å². The standard InChI is InChI=1S/C15H16N4O5/c1-23-15(20)12-3-2-8-18(12)9-13-16-14(17-24-13)10-4-6-11(7-5-10)19(21)22/h4-7,12H,2-3,8-9H2,1H3. The summed E-state index contributed by atoms with van der Waals surface area (Å²) in [6.45, 7) is 1.12. The predicted octanol–water partition coefficient (Wildman–Crippen LogP) is 1.78. The number of aromatic nitrogens is 2. The zero-order chi connectivity index (χ0) is 17.1. The molecule has 1 aliphatic heterocycles. The van der Waals surface area contributed by atoms with Gasteiger partial charge in [-0.3, -0.25) is 19.8 Å². The van der Waals surface area contributed by atoms with Crippen molar-refractivity contribution < 1.29 is 19.0 Å². The molecule has 1 saturated heterocycles. The van der Waals surface area contributed by atoms with Gasteiger partial charge in [-0.15, -0.1) is 0 Å². The van der Waals surface area contributed by atoms with Crippen LogP contribution < -0.4 is 0 Å². The summed E-state index contributed by atoms with van der Waals surface area (Å²) in [7, 11) is 1.37. The summed E-state index contributed by atoms with van der Waals surface area (Å²) >= 11 is 0. The third kappa shape index (κ3) is 3.25. The number of nitro groups is 1. The Morgan fingerprint density at radius 2 is 2.21 bits per heavy atom. The molecule has 0 aliphatic carbocycles. The molecular formula is C15H16N4O5. The third-order valence-electron chi connectivity index (χ3n) is 3.98. The van der Waals surface area contributed by atoms with Gasteiger partial charge in [0.25, 0.3) is 5.69 Å². The summed E-state index contributed by atoms with van der Waals surface area (Å²) in [6, 6.07) is 5.63. The van der Waals surface area contributed by atoms with Gasteiger partial charge >= 0.3 is 5.97 Å². The maximum Gasteiger partial charge on any atom is 0.323 e. The molecule has 3 rings (SSSR count). The monoisotopic (exact) mass is 332 g/mol. The molecule has 0 bridgehead atoms. The highest BCUT2D eigenvalue weighted by Gasteiger charge is 2.32. The van der Waals surface area contributed by atoms with Gasteiger partial charge in [-0.1, -0.05) is 5.16 Å². The molecule has 2 aromatic rings. The molecule has 0 spiro atoms. The average molecular weight is 332 g/mol. The largest absolute Gasteiger partial charge is 0.468 e. The lowest BCUT2D eigenvalue weighted by atomic mass is 10.2. The lowest BCUT2D eigenvalue weighted by Crippen LogP contribution is -2.36. The van der Waals surface area contributed by atoms with Crippen LogP contribution in [0.1, 0.15) is 18.7 Å². The molecule has 9 nitrogen and oxygen atoms in total. The van der Waals surface area contributed by atoms with E-state index in [1.165, 1.54) is 19.2 Å². The Morgan fingerprint density at radius 1 is 1.46 bits per heavy atom. The molecule has 9 heteroatoms. The molecule has 1 aliphatic rings. The van der Waals surface area contributed by atoms with E-state index in [9.17, 15) is 14.9 Å². The molecule has 2 heterocycles. The van der Waals surface area contributed by atoms with Crippen molar-refractivity contribution in [1.82, 2.24) is 15.0 Å². The fraction of sp³-hybridized carbons (Fsp3) is 0.400. The maximum atomic E-state index is 11.7. The highest BCUT2D eigenvalue weighted by molar-refractivity contribution is 5.75. The first-order chi connectivity index (χ1) is 11.6. The average Bonchev–Trinajstić information content (AvgIpc) is 3.24. The molecule has 0 saturated carbocycles. The first-order valence-corrected chi connectivity index (χ1v) is 7.48. The molecule has 126 valence electrons. The van der Waals surface area contributed by atoms with Crippen molar-refractivity contribution in [2.45, 2.75) is 25.4 Å². The molecule has 0 N–H and O–H groups in total. The number of nitro benzene ring substituents is 1. The Morgan fingerprint density at radius 3 is 2.88 bits per heavy atom. The van der Waals surface area contributed by atoms with Crippen LogP contribution in [-0.2, 0) is 16.1 Å². The maximum absolute atomic E-state index is 11.7. The van der Waals surface area contributed by atoms with Crippen LogP contribution in [0.3, 0.4) is 0 Å². The Bertz CT molecular complexity index is 743. The third-order valence-corrected chi connectivity index (χ3v) is 3.98. The van der Waals surface area contributed by atoms with E-state index >= 15 is 0 Å². The van der Waals surface area contributed by atoms with Crippen molar-refractivity contribution in [1.29, 1.82) is 0 Å². The van der Waals surface area contributed by atoms with Crippen molar-refractivity contribution in [3.8, 4) is 11.4 Å². The number of nitrogens with zero attached hydrogens (tertiary/aromatic N) is 4. The number of carbonyl (C=O) groups excluding carboxylic acids is 1. The van der Waals surface area contributed by atoms with Crippen molar-refractivity contribution >= 4 is 11.7 Å². The van der Waals surface area contributed by atoms with Gasteiger partial charge in [-0.05, 0) is 31.5 Å². The zero-order valence-corrected chi connectivity index (χ0v) is 13.0. The van der Waals surface area contributed by atoms with Crippen LogP contribution in [-0.4, -0.2) is 45.6 Å². The van der Waals surface area contributed by atoms with Gasteiger partial charge in [0.15, 0.2) is 0 Å². The van der Waals surface area contributed by atoms with E-state index in [1.54, 1.807) is 12.1 Å². The van der Waals surface area contributed by atoms with Crippen molar-refractivity contribution in [3.05, 3.63) is 40.3 Å². The number of carbonyl (C=O) groups is 1. The zero-order valence-electron chi connectivity index (χ0n) is 13.0. The first-order valence-electron chi connectivity index (χ1n) is 7.48. The first kappa shape index (κ1) is 16.1. The second-order valence-corrected chi connectivity index (χ2v) is 5.47. The fourth-order valence-electron chi connectivity index (χ4n) is 2.76. The number of esters is 1. The van der Waals surface area contributed by atoms with Crippen LogP contribution in [0.25, 0.3) is 11.4 Å². The van der Waals surface area contributed by atoms with Crippen LogP contribution in [0.15, 0.2) is 28.8 Å². The van der Waals surface area contributed by atoms with Crippen LogP contribution in [0.4, 0.5) is 5.69 Å². The second-order valence-electron chi connectivity index (χ2n) is 5.47. The van der Waals surface area contributed by atoms with E-state index in [4.69, 9.17) is 9.26 Å². The van der Waals surface area contributed by atoms with E-state index in [1.807, 2.05) is 4.90 Å². The molecule has 24 heavy (non-hydrogen) atoms. The van der Waals surface area contributed by atoms with Gasteiger partial charge in [0.1, 0.15) is 6.04 Å². The number of non-ortho nitro benzene ring substituents is 1. The van der Waals surface area contributed by atoms with Crippen LogP contribution in [0.2, 0.25) is 0 Å². The van der Waals surface area contributed by atoms with E-state index in [0.29, 0.717) is 23.8 Å². The number of ether oxygens (including phenoxy) is 1. The van der Waals surface area contributed by atoms with E-state index in [2.05, 4.69) is 10.1 Å². The van der Waals surface area contributed by atoms with Gasteiger partial charge in [-0.2, -0.15) is 4.98 Å². The highest BCUT2D eigenvalue weighted by Crippen LogP contribution is 2.23. The lowest BCUT2D eigenvalue weighted by Gasteiger charge is -2.19. The van der Waals surface area contributed by atoms with Gasteiger partial charge in [0, 0.05) is 17.7 Å². The van der Waals surface area contributed by atoms with Gasteiger partial charge in [0.2, 0.25) is 11.7 Å². The quantitative estimate of drug-likeness (QED) is 0.463. The normalized spacial score (nSPS) is 17.8. The summed E-state index contributed by atoms with van der Waals surface area (Å²) in [4.78, 5) is 28.2. The van der Waals surface area contributed by atoms with Gasteiger partial charge < -0.3 is 9.26 Å². The summed E-state index contributed by atoms with van der Waals surface area (Å²) in [6.07, 6.45) is 1.65. The molecule has 1 unspecified atom stereocenters. The SMILES string of the molecule is COC(=O)C1CCCN1Cc1nc(-c2ccc([N+](=O)[O-])cc2)no1. The van der Waals surface area contributed by atoms with Crippen LogP contribution >= 0.6 is 0 Å². The van der Waals surface area contributed by atoms with Crippen LogP contribution in [0.5, 0.6) is 0 Å². The second kappa shape index (κ2) is 6.75. The Hall–Kier alpha value is -2.81. The molecule has 1 fully saturated rings. The minimum absolute atomic E-state index is 0.000421. The summed E-state index contributed by atoms with van der Waals surface area (Å²) in [5, 5.41) is 14.6. The molecular weight excluding hydrogens is 316 g/mol. The van der Waals surface area contributed by atoms with E-state index in [0.717, 1.165) is 19.4 Å². The highest BCUT2D eigenvalue weighted by atomic mass is 16.6. The molecule has 1 aromatic heterocycles.